The maximum atomic E-state index is 12.5. The van der Waals surface area contributed by atoms with E-state index in [0.29, 0.717) is 35.8 Å². The van der Waals surface area contributed by atoms with E-state index in [4.69, 9.17) is 37.9 Å². The van der Waals surface area contributed by atoms with E-state index in [1.165, 1.54) is 48.5 Å². The number of benzene rings is 4. The molecule has 0 unspecified atom stereocenters. The molecule has 0 saturated heterocycles. The van der Waals surface area contributed by atoms with Gasteiger partial charge >= 0.3 is 35.8 Å². The van der Waals surface area contributed by atoms with E-state index >= 15 is 0 Å². The van der Waals surface area contributed by atoms with E-state index in [2.05, 4.69) is 13.8 Å². The molecule has 0 aliphatic carbocycles. The summed E-state index contributed by atoms with van der Waals surface area (Å²) < 4.78 is 41.9. The van der Waals surface area contributed by atoms with Crippen molar-refractivity contribution >= 4 is 35.8 Å². The maximum absolute atomic E-state index is 12.5. The van der Waals surface area contributed by atoms with E-state index in [0.717, 1.165) is 37.8 Å². The lowest BCUT2D eigenvalue weighted by Crippen LogP contribution is -2.14. The Hall–Kier alpha value is -6.96. The molecule has 4 aromatic rings. The van der Waals surface area contributed by atoms with Gasteiger partial charge in [0.25, 0.3) is 0 Å². The molecule has 0 atom stereocenters. The van der Waals surface area contributed by atoms with Gasteiger partial charge in [0.1, 0.15) is 49.4 Å². The molecule has 0 fully saturated rings. The summed E-state index contributed by atoms with van der Waals surface area (Å²) in [5.74, 6) is -2.55. The van der Waals surface area contributed by atoms with Gasteiger partial charge < -0.3 is 37.9 Å². The van der Waals surface area contributed by atoms with Gasteiger partial charge in [-0.2, -0.15) is 0 Å². The van der Waals surface area contributed by atoms with Crippen LogP contribution < -0.4 is 18.9 Å². The van der Waals surface area contributed by atoms with Crippen molar-refractivity contribution in [3.05, 3.63) is 131 Å². The van der Waals surface area contributed by atoms with Gasteiger partial charge in [-0.25, -0.2) is 28.8 Å². The summed E-state index contributed by atoms with van der Waals surface area (Å²) in [6.07, 6.45) is 5.56. The topological polar surface area (TPSA) is 176 Å². The van der Waals surface area contributed by atoms with Crippen molar-refractivity contribution in [3.8, 4) is 23.0 Å². The van der Waals surface area contributed by atoms with Crippen molar-refractivity contribution in [2.75, 3.05) is 39.6 Å². The van der Waals surface area contributed by atoms with Gasteiger partial charge in [-0.3, -0.25) is 0 Å². The largest absolute Gasteiger partial charge is 0.494 e. The normalized spacial score (nSPS) is 10.6. The van der Waals surface area contributed by atoms with Crippen LogP contribution in [0.2, 0.25) is 0 Å². The zero-order chi connectivity index (χ0) is 41.5. The quantitative estimate of drug-likeness (QED) is 0.0258. The second kappa shape index (κ2) is 23.8. The summed E-state index contributed by atoms with van der Waals surface area (Å²) in [7, 11) is 0. The van der Waals surface area contributed by atoms with Crippen LogP contribution in [0, 0.1) is 0 Å². The van der Waals surface area contributed by atoms with Crippen molar-refractivity contribution in [2.24, 2.45) is 0 Å². The van der Waals surface area contributed by atoms with Crippen molar-refractivity contribution in [1.29, 1.82) is 0 Å². The van der Waals surface area contributed by atoms with Crippen LogP contribution in [0.15, 0.2) is 109 Å². The zero-order valence-electron chi connectivity index (χ0n) is 32.2. The van der Waals surface area contributed by atoms with Crippen LogP contribution >= 0.6 is 0 Å². The minimum atomic E-state index is -0.885. The van der Waals surface area contributed by atoms with Gasteiger partial charge in [-0.05, 0) is 110 Å². The number of hydrogen-bond donors (Lipinski definition) is 0. The molecular weight excluding hydrogens is 752 g/mol. The molecule has 0 saturated carbocycles. The highest BCUT2D eigenvalue weighted by atomic mass is 16.6. The Morgan fingerprint density at radius 2 is 0.672 bits per heavy atom. The molecule has 4 aromatic carbocycles. The van der Waals surface area contributed by atoms with E-state index < -0.39 is 35.8 Å². The van der Waals surface area contributed by atoms with Gasteiger partial charge in [0.05, 0.1) is 35.5 Å². The van der Waals surface area contributed by atoms with Gasteiger partial charge in [0.2, 0.25) is 0 Å². The summed E-state index contributed by atoms with van der Waals surface area (Å²) in [5.41, 5.74) is 1.02. The molecule has 0 bridgehead atoms. The molecule has 58 heavy (non-hydrogen) atoms. The highest BCUT2D eigenvalue weighted by Gasteiger charge is 2.14. The highest BCUT2D eigenvalue weighted by Crippen LogP contribution is 2.19. The van der Waals surface area contributed by atoms with E-state index in [9.17, 15) is 28.8 Å². The molecule has 0 aromatic heterocycles. The Morgan fingerprint density at radius 1 is 0.379 bits per heavy atom. The fourth-order valence-corrected chi connectivity index (χ4v) is 4.65. The highest BCUT2D eigenvalue weighted by molar-refractivity contribution is 5.93. The number of carbonyl (C=O) groups excluding carboxylic acids is 6. The third-order valence-corrected chi connectivity index (χ3v) is 7.79. The predicted octanol–water partition coefficient (Wildman–Crippen LogP) is 7.14. The number of carbonyl (C=O) groups is 6. The van der Waals surface area contributed by atoms with Crippen LogP contribution in [0.1, 0.15) is 81.0 Å². The van der Waals surface area contributed by atoms with Crippen LogP contribution in [-0.4, -0.2) is 75.5 Å². The minimum absolute atomic E-state index is 0.177. The van der Waals surface area contributed by atoms with Crippen molar-refractivity contribution in [2.45, 2.75) is 39.5 Å². The first-order chi connectivity index (χ1) is 28.1. The molecule has 0 amide bonds. The predicted molar refractivity (Wildman–Crippen MR) is 208 cm³/mol. The SMILES string of the molecule is CCCCOc1ccc(C(=O)Oc2ccc(C(=O)OCCOC(=O)/C=C/C(=O)OCCOC(=O)c3ccc(OC(=O)c4ccc(OCCCC)cc4)cc3)cc2)cc1. The Kier molecular flexibility index (Phi) is 18.0. The number of rotatable bonds is 22. The fraction of sp³-hybridized carbons (Fsp3) is 0.273. The molecule has 0 spiro atoms. The standard InChI is InChI=1S/C44H44O14/c1-3-5-25-51-35-15-7-33(8-16-35)43(49)57-37-19-11-31(12-20-37)41(47)55-29-27-53-39(45)23-24-40(46)54-28-30-56-42(48)32-13-21-38(22-14-32)58-44(50)34-9-17-36(18-10-34)52-26-6-4-2/h7-24H,3-6,25-30H2,1-2H3/b24-23+. The van der Waals surface area contributed by atoms with Crippen molar-refractivity contribution in [3.63, 3.8) is 0 Å². The molecule has 0 aliphatic rings. The summed E-state index contributed by atoms with van der Waals surface area (Å²) in [4.78, 5) is 73.5. The molecule has 14 heteroatoms. The average molecular weight is 797 g/mol. The lowest BCUT2D eigenvalue weighted by molar-refractivity contribution is -0.141. The second-order valence-electron chi connectivity index (χ2n) is 12.2. The Balaban J connectivity index is 1.06. The van der Waals surface area contributed by atoms with Crippen LogP contribution in [0.5, 0.6) is 23.0 Å². The van der Waals surface area contributed by atoms with Gasteiger partial charge in [0, 0.05) is 12.2 Å². The molecular formula is C44H44O14. The van der Waals surface area contributed by atoms with Gasteiger partial charge in [-0.15, -0.1) is 0 Å². The Bertz CT molecular complexity index is 1840. The second-order valence-corrected chi connectivity index (χ2v) is 12.2. The molecule has 0 heterocycles. The molecule has 0 N–H and O–H groups in total. The van der Waals surface area contributed by atoms with Crippen LogP contribution in [0.4, 0.5) is 0 Å². The van der Waals surface area contributed by atoms with Crippen LogP contribution in [0.25, 0.3) is 0 Å². The maximum Gasteiger partial charge on any atom is 0.343 e. The van der Waals surface area contributed by atoms with E-state index in [1.807, 2.05) is 0 Å². The minimum Gasteiger partial charge on any atom is -0.494 e. The Labute approximate surface area is 335 Å². The summed E-state index contributed by atoms with van der Waals surface area (Å²) in [6, 6.07) is 24.6. The lowest BCUT2D eigenvalue weighted by Gasteiger charge is -2.08. The smallest absolute Gasteiger partial charge is 0.343 e. The van der Waals surface area contributed by atoms with Gasteiger partial charge in [0.15, 0.2) is 0 Å². The average Bonchev–Trinajstić information content (AvgIpc) is 3.24. The number of esters is 6. The summed E-state index contributed by atoms with van der Waals surface area (Å²) in [6.45, 7) is 4.23. The number of ether oxygens (including phenoxy) is 8. The molecule has 0 aliphatic heterocycles. The van der Waals surface area contributed by atoms with Crippen molar-refractivity contribution in [1.82, 2.24) is 0 Å². The first-order valence-electron chi connectivity index (χ1n) is 18.6. The van der Waals surface area contributed by atoms with Crippen LogP contribution in [-0.2, 0) is 28.5 Å². The summed E-state index contributed by atoms with van der Waals surface area (Å²) in [5, 5.41) is 0. The molecule has 4 rings (SSSR count). The lowest BCUT2D eigenvalue weighted by atomic mass is 10.2. The van der Waals surface area contributed by atoms with E-state index in [1.54, 1.807) is 48.5 Å². The van der Waals surface area contributed by atoms with E-state index in [-0.39, 0.29) is 49.1 Å². The summed E-state index contributed by atoms with van der Waals surface area (Å²) >= 11 is 0. The third-order valence-electron chi connectivity index (χ3n) is 7.79. The molecule has 304 valence electrons. The fourth-order valence-electron chi connectivity index (χ4n) is 4.65. The first kappa shape index (κ1) is 43.8. The zero-order valence-corrected chi connectivity index (χ0v) is 32.2. The number of hydrogen-bond acceptors (Lipinski definition) is 14. The first-order valence-corrected chi connectivity index (χ1v) is 18.6. The van der Waals surface area contributed by atoms with Crippen molar-refractivity contribution < 1.29 is 66.7 Å². The van der Waals surface area contributed by atoms with Gasteiger partial charge in [-0.1, -0.05) is 26.7 Å². The Morgan fingerprint density at radius 3 is 1.00 bits per heavy atom. The monoisotopic (exact) mass is 796 g/mol. The third kappa shape index (κ3) is 15.3. The van der Waals surface area contributed by atoms with Crippen LogP contribution in [0.3, 0.4) is 0 Å². The number of unbranched alkanes of at least 4 members (excludes halogenated alkanes) is 2. The molecule has 14 nitrogen and oxygen atoms in total. The molecule has 0 radical (unpaired) electrons.